The van der Waals surface area contributed by atoms with Crippen LogP contribution in [0, 0.1) is 0 Å². The number of pyridine rings is 1. The first-order valence-electron chi connectivity index (χ1n) is 12.7. The highest BCUT2D eigenvalue weighted by Gasteiger charge is 2.09. The minimum atomic E-state index is 1.02. The van der Waals surface area contributed by atoms with Gasteiger partial charge in [0.15, 0.2) is 12.4 Å². The molecule has 0 radical (unpaired) electrons. The zero-order valence-corrected chi connectivity index (χ0v) is 21.4. The maximum Gasteiger partial charge on any atom is 0.210 e. The lowest BCUT2D eigenvalue weighted by Crippen LogP contribution is -2.29. The molecule has 0 fully saturated rings. The van der Waals surface area contributed by atoms with Gasteiger partial charge in [0.05, 0.1) is 0 Å². The predicted octanol–water partition coefficient (Wildman–Crippen LogP) is 6.59. The molecule has 1 aliphatic heterocycles. The Labute approximate surface area is 210 Å². The van der Waals surface area contributed by atoms with Gasteiger partial charge in [-0.1, -0.05) is 0 Å². The average molecular weight is 466 g/mol. The van der Waals surface area contributed by atoms with Crippen LogP contribution in [0.2, 0.25) is 0 Å². The van der Waals surface area contributed by atoms with Crippen molar-refractivity contribution in [3.05, 3.63) is 109 Å². The van der Waals surface area contributed by atoms with Gasteiger partial charge in [0.25, 0.3) is 0 Å². The number of benzene rings is 2. The van der Waals surface area contributed by atoms with Gasteiger partial charge in [-0.05, 0) is 93.5 Å². The van der Waals surface area contributed by atoms with E-state index in [9.17, 15) is 0 Å². The van der Waals surface area contributed by atoms with Gasteiger partial charge >= 0.3 is 0 Å². The minimum absolute atomic E-state index is 1.02. The Morgan fingerprint density at radius 2 is 1.14 bits per heavy atom. The van der Waals surface area contributed by atoms with Gasteiger partial charge in [0, 0.05) is 79.9 Å². The van der Waals surface area contributed by atoms with Crippen LogP contribution in [0.4, 0.5) is 17.1 Å². The van der Waals surface area contributed by atoms with Crippen molar-refractivity contribution in [1.29, 1.82) is 0 Å². The second-order valence-electron chi connectivity index (χ2n) is 8.60. The highest BCUT2D eigenvalue weighted by molar-refractivity contribution is 5.65. The predicted molar refractivity (Wildman–Crippen MR) is 150 cm³/mol. The van der Waals surface area contributed by atoms with Gasteiger partial charge in [0.1, 0.15) is 0 Å². The number of hydrogen-bond donors (Lipinski definition) is 0. The summed E-state index contributed by atoms with van der Waals surface area (Å²) in [6.45, 7) is 12.9. The maximum atomic E-state index is 2.36. The van der Waals surface area contributed by atoms with E-state index < -0.39 is 0 Å². The fraction of sp³-hybridized carbons (Fsp3) is 0.258. The van der Waals surface area contributed by atoms with Crippen molar-refractivity contribution >= 4 is 23.1 Å². The highest BCUT2D eigenvalue weighted by atomic mass is 15.1. The smallest absolute Gasteiger partial charge is 0.210 e. The molecule has 0 atom stereocenters. The summed E-state index contributed by atoms with van der Waals surface area (Å²) in [5, 5.41) is 0. The molecule has 4 heteroatoms. The fourth-order valence-corrected chi connectivity index (χ4v) is 4.45. The van der Waals surface area contributed by atoms with E-state index >= 15 is 0 Å². The number of hydrogen-bond acceptors (Lipinski definition) is 3. The van der Waals surface area contributed by atoms with Crippen LogP contribution in [0.3, 0.4) is 0 Å². The lowest BCUT2D eigenvalue weighted by Gasteiger charge is -2.23. The molecule has 4 rings (SSSR count). The molecule has 1 aromatic heterocycles. The first kappa shape index (κ1) is 24.3. The summed E-state index contributed by atoms with van der Waals surface area (Å²) >= 11 is 0. The summed E-state index contributed by atoms with van der Waals surface area (Å²) in [6, 6.07) is 21.8. The molecule has 0 N–H and O–H groups in total. The molecule has 3 aromatic rings. The third-order valence-electron chi connectivity index (χ3n) is 6.60. The molecule has 180 valence electrons. The third-order valence-corrected chi connectivity index (χ3v) is 6.60. The topological polar surface area (TPSA) is 13.6 Å². The Morgan fingerprint density at radius 3 is 1.63 bits per heavy atom. The Balaban J connectivity index is 1.40. The Hall–Kier alpha value is -3.79. The van der Waals surface area contributed by atoms with Gasteiger partial charge in [-0.15, -0.1) is 0 Å². The van der Waals surface area contributed by atoms with Crippen LogP contribution in [0.15, 0.2) is 103 Å². The number of rotatable bonds is 9. The molecule has 0 saturated carbocycles. The zero-order valence-electron chi connectivity index (χ0n) is 21.4. The van der Waals surface area contributed by atoms with Crippen LogP contribution in [0.5, 0.6) is 0 Å². The zero-order chi connectivity index (χ0) is 24.6. The van der Waals surface area contributed by atoms with E-state index in [0.717, 1.165) is 26.2 Å². The van der Waals surface area contributed by atoms with E-state index in [1.54, 1.807) is 0 Å². The molecule has 0 spiro atoms. The molecule has 0 saturated heterocycles. The summed E-state index contributed by atoms with van der Waals surface area (Å²) in [6.07, 6.45) is 15.0. The van der Waals surface area contributed by atoms with Crippen molar-refractivity contribution in [2.75, 3.05) is 40.9 Å². The summed E-state index contributed by atoms with van der Waals surface area (Å²) in [7, 11) is 0. The van der Waals surface area contributed by atoms with Crippen molar-refractivity contribution in [3.63, 3.8) is 0 Å². The highest BCUT2D eigenvalue weighted by Crippen LogP contribution is 2.24. The first-order valence-corrected chi connectivity index (χ1v) is 12.7. The quantitative estimate of drug-likeness (QED) is 0.331. The number of aromatic nitrogens is 1. The summed E-state index contributed by atoms with van der Waals surface area (Å²) < 4.78 is 2.16. The first-order chi connectivity index (χ1) is 17.1. The minimum Gasteiger partial charge on any atom is -0.372 e. The molecule has 0 aliphatic carbocycles. The molecule has 0 unspecified atom stereocenters. The maximum absolute atomic E-state index is 2.36. The van der Waals surface area contributed by atoms with E-state index in [4.69, 9.17) is 0 Å². The number of nitrogens with zero attached hydrogens (tertiary/aromatic N) is 4. The molecule has 35 heavy (non-hydrogen) atoms. The van der Waals surface area contributed by atoms with Gasteiger partial charge < -0.3 is 14.7 Å². The van der Waals surface area contributed by atoms with E-state index in [1.807, 2.05) is 0 Å². The van der Waals surface area contributed by atoms with E-state index in [0.29, 0.717) is 0 Å². The monoisotopic (exact) mass is 465 g/mol. The molecule has 1 aliphatic rings. The number of anilines is 3. The van der Waals surface area contributed by atoms with Crippen molar-refractivity contribution in [2.24, 2.45) is 0 Å². The van der Waals surface area contributed by atoms with Crippen molar-refractivity contribution in [1.82, 2.24) is 0 Å². The SMILES string of the molecule is CCN(CC)c1ccc(N2C=CC(=Cc3cc[n+](-c4ccc(N(CC)CC)cc4)cc3)C=C2)cc1. The summed E-state index contributed by atoms with van der Waals surface area (Å²) in [5.74, 6) is 0. The Bertz CT molecular complexity index is 1150. The van der Waals surface area contributed by atoms with Crippen molar-refractivity contribution in [3.8, 4) is 5.69 Å². The fourth-order valence-electron chi connectivity index (χ4n) is 4.45. The molecule has 0 amide bonds. The van der Waals surface area contributed by atoms with Crippen LogP contribution in [-0.4, -0.2) is 26.2 Å². The van der Waals surface area contributed by atoms with Gasteiger partial charge in [-0.2, -0.15) is 4.57 Å². The van der Waals surface area contributed by atoms with Crippen LogP contribution in [0.25, 0.3) is 11.8 Å². The van der Waals surface area contributed by atoms with Crippen LogP contribution >= 0.6 is 0 Å². The van der Waals surface area contributed by atoms with Gasteiger partial charge in [-0.25, -0.2) is 0 Å². The lowest BCUT2D eigenvalue weighted by molar-refractivity contribution is -0.595. The summed E-state index contributed by atoms with van der Waals surface area (Å²) in [5.41, 5.74) is 7.24. The largest absolute Gasteiger partial charge is 0.372 e. The normalized spacial score (nSPS) is 12.7. The van der Waals surface area contributed by atoms with E-state index in [2.05, 4.69) is 151 Å². The summed E-state index contributed by atoms with van der Waals surface area (Å²) in [4.78, 5) is 6.87. The molecule has 2 heterocycles. The molecule has 2 aromatic carbocycles. The third kappa shape index (κ3) is 5.83. The van der Waals surface area contributed by atoms with E-state index in [-0.39, 0.29) is 0 Å². The number of allylic oxidation sites excluding steroid dienone is 3. The molecule has 4 nitrogen and oxygen atoms in total. The standard InChI is InChI=1S/C31H37N4/c1-5-32(6-2)28-9-13-30(14-10-28)34-21-17-26(18-22-34)25-27-19-23-35(24-20-27)31-15-11-29(12-16-31)33(7-3)8-4/h9-25H,5-8H2,1-4H3/q+1. The average Bonchev–Trinajstić information content (AvgIpc) is 2.92. The van der Waals surface area contributed by atoms with Crippen molar-refractivity contribution < 1.29 is 4.57 Å². The van der Waals surface area contributed by atoms with Gasteiger partial charge in [-0.3, -0.25) is 0 Å². The lowest BCUT2D eigenvalue weighted by atomic mass is 10.1. The van der Waals surface area contributed by atoms with Crippen molar-refractivity contribution in [2.45, 2.75) is 27.7 Å². The van der Waals surface area contributed by atoms with Gasteiger partial charge in [0.2, 0.25) is 5.69 Å². The van der Waals surface area contributed by atoms with Crippen LogP contribution < -0.4 is 19.3 Å². The van der Waals surface area contributed by atoms with Crippen LogP contribution in [-0.2, 0) is 0 Å². The second kappa shape index (κ2) is 11.6. The van der Waals surface area contributed by atoms with Crippen LogP contribution in [0.1, 0.15) is 33.3 Å². The molecule has 0 bridgehead atoms. The molecular formula is C31H37N4+. The second-order valence-corrected chi connectivity index (χ2v) is 8.60. The Kier molecular flexibility index (Phi) is 8.04. The van der Waals surface area contributed by atoms with E-state index in [1.165, 1.54) is 33.9 Å². The Morgan fingerprint density at radius 1 is 0.657 bits per heavy atom. The molecular weight excluding hydrogens is 428 g/mol.